The highest BCUT2D eigenvalue weighted by molar-refractivity contribution is 7.19. The second kappa shape index (κ2) is 7.90. The van der Waals surface area contributed by atoms with E-state index in [9.17, 15) is 4.79 Å². The Morgan fingerprint density at radius 3 is 2.60 bits per heavy atom. The summed E-state index contributed by atoms with van der Waals surface area (Å²) in [4.78, 5) is 25.2. The summed E-state index contributed by atoms with van der Waals surface area (Å²) in [7, 11) is 0. The molecule has 1 saturated carbocycles. The topological polar surface area (TPSA) is 92.3 Å². The van der Waals surface area contributed by atoms with Gasteiger partial charge in [0.25, 0.3) is 0 Å². The van der Waals surface area contributed by atoms with Crippen LogP contribution >= 0.6 is 11.3 Å². The standard InChI is InChI=1S/C27H34N6OS/c1-12(2)21-22-15(5)24(19-8-18-7-17(19)9-32(18)16(6)25(28)34)35-27(22)31-23(21)20-10-33-26(29-11-30-33)14(4)13(20)3/h10-12,16-19,31H,7-9H2,1-6H3,(H2,28,34)/t16-,17-,18?,19+/m0/s1. The summed E-state index contributed by atoms with van der Waals surface area (Å²) in [6, 6.07) is 0.293. The Labute approximate surface area is 209 Å². The van der Waals surface area contributed by atoms with Gasteiger partial charge in [-0.2, -0.15) is 5.10 Å². The third kappa shape index (κ3) is 3.22. The van der Waals surface area contributed by atoms with Gasteiger partial charge in [-0.3, -0.25) is 9.69 Å². The van der Waals surface area contributed by atoms with Crippen LogP contribution in [0, 0.1) is 26.7 Å². The normalized spacial score (nSPS) is 23.3. The first-order chi connectivity index (χ1) is 16.7. The number of hydrogen-bond donors (Lipinski definition) is 2. The molecule has 184 valence electrons. The molecule has 7 nitrogen and oxygen atoms in total. The molecule has 2 fully saturated rings. The van der Waals surface area contributed by atoms with Crippen molar-refractivity contribution in [2.24, 2.45) is 11.7 Å². The van der Waals surface area contributed by atoms with Gasteiger partial charge in [-0.1, -0.05) is 13.8 Å². The van der Waals surface area contributed by atoms with Gasteiger partial charge in [0.1, 0.15) is 11.2 Å². The monoisotopic (exact) mass is 490 g/mol. The third-order valence-corrected chi connectivity index (χ3v) is 10.1. The van der Waals surface area contributed by atoms with E-state index >= 15 is 0 Å². The number of likely N-dealkylation sites (tertiary alicyclic amines) is 1. The van der Waals surface area contributed by atoms with Crippen molar-refractivity contribution in [1.82, 2.24) is 24.5 Å². The van der Waals surface area contributed by atoms with Crippen molar-refractivity contribution in [3.05, 3.63) is 39.7 Å². The van der Waals surface area contributed by atoms with E-state index in [2.05, 4.69) is 60.8 Å². The fourth-order valence-corrected chi connectivity index (χ4v) is 8.23. The summed E-state index contributed by atoms with van der Waals surface area (Å²) in [5.41, 5.74) is 14.2. The van der Waals surface area contributed by atoms with E-state index < -0.39 is 0 Å². The molecule has 1 aliphatic carbocycles. The summed E-state index contributed by atoms with van der Waals surface area (Å²) in [6.45, 7) is 14.1. The zero-order valence-electron chi connectivity index (χ0n) is 21.3. The molecule has 6 rings (SSSR count). The SMILES string of the molecule is Cc1c(-c2[nH]c3sc([C@@H]4CC5C[C@H]4CN5[C@@H](C)C(N)=O)c(C)c3c2C(C)C)cn2ncnc2c1C. The van der Waals surface area contributed by atoms with Crippen molar-refractivity contribution >= 4 is 33.1 Å². The Kier molecular flexibility index (Phi) is 5.13. The lowest BCUT2D eigenvalue weighted by Crippen LogP contribution is -2.47. The number of piperidine rings is 1. The smallest absolute Gasteiger partial charge is 0.234 e. The van der Waals surface area contributed by atoms with Crippen LogP contribution in [0.2, 0.25) is 0 Å². The Morgan fingerprint density at radius 1 is 1.17 bits per heavy atom. The molecule has 0 spiro atoms. The number of carbonyl (C=O) groups is 1. The van der Waals surface area contributed by atoms with E-state index in [4.69, 9.17) is 5.73 Å². The van der Waals surface area contributed by atoms with Crippen molar-refractivity contribution in [3.63, 3.8) is 0 Å². The van der Waals surface area contributed by atoms with Gasteiger partial charge in [-0.25, -0.2) is 9.50 Å². The minimum atomic E-state index is -0.210. The summed E-state index contributed by atoms with van der Waals surface area (Å²) in [5, 5.41) is 5.82. The zero-order valence-corrected chi connectivity index (χ0v) is 22.2. The number of rotatable bonds is 5. The number of thiophene rings is 1. The zero-order chi connectivity index (χ0) is 24.8. The Hall–Kier alpha value is -2.71. The van der Waals surface area contributed by atoms with Gasteiger partial charge in [0.05, 0.1) is 11.7 Å². The number of aromatic amines is 1. The predicted octanol–water partition coefficient (Wildman–Crippen LogP) is 5.04. The highest BCUT2D eigenvalue weighted by Gasteiger charge is 2.48. The summed E-state index contributed by atoms with van der Waals surface area (Å²) in [6.07, 6.45) is 6.04. The van der Waals surface area contributed by atoms with Crippen molar-refractivity contribution in [1.29, 1.82) is 0 Å². The first-order valence-electron chi connectivity index (χ1n) is 12.7. The minimum absolute atomic E-state index is 0.172. The van der Waals surface area contributed by atoms with Crippen LogP contribution in [0.15, 0.2) is 12.5 Å². The second-order valence-electron chi connectivity index (χ2n) is 11.0. The van der Waals surface area contributed by atoms with Gasteiger partial charge < -0.3 is 10.7 Å². The number of aromatic nitrogens is 4. The molecule has 1 aliphatic heterocycles. The Balaban J connectivity index is 1.42. The highest BCUT2D eigenvalue weighted by Crippen LogP contribution is 2.53. The van der Waals surface area contributed by atoms with Crippen molar-refractivity contribution in [3.8, 4) is 11.3 Å². The fourth-order valence-electron chi connectivity index (χ4n) is 6.79. The van der Waals surface area contributed by atoms with Crippen molar-refractivity contribution in [2.75, 3.05) is 6.54 Å². The molecule has 2 aliphatic rings. The number of aryl methyl sites for hydroxylation is 2. The molecular weight excluding hydrogens is 456 g/mol. The second-order valence-corrected chi connectivity index (χ2v) is 12.0. The largest absolute Gasteiger partial charge is 0.368 e. The van der Waals surface area contributed by atoms with Gasteiger partial charge in [-0.15, -0.1) is 11.3 Å². The number of nitrogens with one attached hydrogen (secondary N) is 1. The van der Waals surface area contributed by atoms with Crippen LogP contribution in [0.4, 0.5) is 0 Å². The molecule has 3 N–H and O–H groups in total. The third-order valence-electron chi connectivity index (χ3n) is 8.76. The van der Waals surface area contributed by atoms with Crippen LogP contribution in [0.5, 0.6) is 0 Å². The van der Waals surface area contributed by atoms with Gasteiger partial charge in [0.2, 0.25) is 5.91 Å². The molecule has 4 aromatic rings. The molecular formula is C27H34N6OS. The number of amides is 1. The Bertz CT molecular complexity index is 1480. The number of fused-ring (bicyclic) bond motifs is 4. The number of nitrogens with two attached hydrogens (primary N) is 1. The average molecular weight is 491 g/mol. The molecule has 2 bridgehead atoms. The van der Waals surface area contributed by atoms with Gasteiger partial charge in [-0.05, 0) is 80.5 Å². The summed E-state index contributed by atoms with van der Waals surface area (Å²) < 4.78 is 1.89. The van der Waals surface area contributed by atoms with E-state index in [-0.39, 0.29) is 11.9 Å². The van der Waals surface area contributed by atoms with Gasteiger partial charge in [0, 0.05) is 34.6 Å². The van der Waals surface area contributed by atoms with Gasteiger partial charge in [0.15, 0.2) is 5.65 Å². The first-order valence-corrected chi connectivity index (χ1v) is 13.5. The lowest BCUT2D eigenvalue weighted by Gasteiger charge is -2.34. The van der Waals surface area contributed by atoms with Crippen molar-refractivity contribution in [2.45, 2.75) is 78.3 Å². The maximum absolute atomic E-state index is 11.8. The van der Waals surface area contributed by atoms with E-state index in [1.54, 1.807) is 6.33 Å². The number of primary amides is 1. The van der Waals surface area contributed by atoms with Gasteiger partial charge >= 0.3 is 0 Å². The lowest BCUT2D eigenvalue weighted by atomic mass is 9.88. The molecule has 4 atom stereocenters. The molecule has 8 heteroatoms. The minimum Gasteiger partial charge on any atom is -0.368 e. The van der Waals surface area contributed by atoms with E-state index in [1.807, 2.05) is 22.8 Å². The molecule has 4 aromatic heterocycles. The highest BCUT2D eigenvalue weighted by atomic mass is 32.1. The lowest BCUT2D eigenvalue weighted by molar-refractivity contribution is -0.123. The summed E-state index contributed by atoms with van der Waals surface area (Å²) in [5.74, 6) is 1.35. The van der Waals surface area contributed by atoms with E-state index in [1.165, 1.54) is 55.0 Å². The van der Waals surface area contributed by atoms with Crippen molar-refractivity contribution < 1.29 is 4.79 Å². The molecule has 0 aromatic carbocycles. The van der Waals surface area contributed by atoms with Crippen LogP contribution < -0.4 is 5.73 Å². The quantitative estimate of drug-likeness (QED) is 0.410. The number of pyridine rings is 1. The number of H-pyrrole nitrogens is 1. The fraction of sp³-hybridized carbons (Fsp3) is 0.519. The van der Waals surface area contributed by atoms with Crippen LogP contribution in [0.1, 0.15) is 72.6 Å². The van der Waals surface area contributed by atoms with E-state index in [0.29, 0.717) is 23.8 Å². The van der Waals surface area contributed by atoms with Crippen LogP contribution in [-0.2, 0) is 4.79 Å². The average Bonchev–Trinajstić information content (AvgIpc) is 3.61. The molecule has 1 saturated heterocycles. The maximum Gasteiger partial charge on any atom is 0.234 e. The Morgan fingerprint density at radius 2 is 1.94 bits per heavy atom. The number of nitrogens with zero attached hydrogens (tertiary/aromatic N) is 4. The van der Waals surface area contributed by atoms with Crippen LogP contribution in [-0.4, -0.2) is 49.0 Å². The predicted molar refractivity (Wildman–Crippen MR) is 141 cm³/mol. The first kappa shape index (κ1) is 22.7. The molecule has 0 radical (unpaired) electrons. The molecule has 5 heterocycles. The summed E-state index contributed by atoms with van der Waals surface area (Å²) >= 11 is 1.94. The number of carbonyl (C=O) groups excluding carboxylic acids is 1. The molecule has 35 heavy (non-hydrogen) atoms. The van der Waals surface area contributed by atoms with Crippen LogP contribution in [0.25, 0.3) is 27.1 Å². The number of hydrogen-bond acceptors (Lipinski definition) is 5. The van der Waals surface area contributed by atoms with E-state index in [0.717, 1.165) is 18.6 Å². The molecule has 1 unspecified atom stereocenters. The maximum atomic E-state index is 11.8. The molecule has 1 amide bonds. The van der Waals surface area contributed by atoms with Crippen LogP contribution in [0.3, 0.4) is 0 Å².